The summed E-state index contributed by atoms with van der Waals surface area (Å²) in [4.78, 5) is 30.4. The predicted octanol–water partition coefficient (Wildman–Crippen LogP) is 11.8. The molecule has 2 aliphatic rings. The zero-order valence-corrected chi connectivity index (χ0v) is 39.3. The molecule has 6 aromatic carbocycles. The number of nitrogens with one attached hydrogen (secondary N) is 5. The second kappa shape index (κ2) is 18.5. The van der Waals surface area contributed by atoms with Crippen molar-refractivity contribution in [1.82, 2.24) is 0 Å². The summed E-state index contributed by atoms with van der Waals surface area (Å²) in [6, 6.07) is 34.9. The molecule has 0 saturated heterocycles. The summed E-state index contributed by atoms with van der Waals surface area (Å²) < 4.78 is 78.9. The molecule has 68 heavy (non-hydrogen) atoms. The summed E-state index contributed by atoms with van der Waals surface area (Å²) in [5.41, 5.74) is 7.88. The van der Waals surface area contributed by atoms with Gasteiger partial charge in [-0.25, -0.2) is 14.6 Å². The number of rotatable bonds is 10. The Morgan fingerprint density at radius 3 is 1.74 bits per heavy atom. The molecule has 1 aliphatic carbocycles. The van der Waals surface area contributed by atoms with Crippen LogP contribution in [0.15, 0.2) is 147 Å². The maximum atomic E-state index is 13.2. The van der Waals surface area contributed by atoms with Crippen LogP contribution in [-0.2, 0) is 20.2 Å². The molecule has 7 N–H and O–H groups in total. The average molecular weight is 951 g/mol. The molecule has 1 aliphatic heterocycles. The van der Waals surface area contributed by atoms with E-state index in [-0.39, 0.29) is 44.1 Å². The summed E-state index contributed by atoms with van der Waals surface area (Å²) in [6.07, 6.45) is 0. The van der Waals surface area contributed by atoms with Crippen LogP contribution in [-0.4, -0.2) is 38.0 Å². The molecule has 0 unspecified atom stereocenters. The van der Waals surface area contributed by atoms with Crippen molar-refractivity contribution in [2.24, 2.45) is 4.99 Å². The molecule has 6 aromatic rings. The van der Waals surface area contributed by atoms with Gasteiger partial charge in [0.15, 0.2) is 0 Å². The maximum absolute atomic E-state index is 13.2. The lowest BCUT2D eigenvalue weighted by Crippen LogP contribution is -2.21. The highest BCUT2D eigenvalue weighted by Crippen LogP contribution is 2.44. The molecular weight excluding hydrogens is 905 g/mol. The third kappa shape index (κ3) is 9.54. The minimum Gasteiger partial charge on any atom is -0.456 e. The van der Waals surface area contributed by atoms with Gasteiger partial charge in [-0.3, -0.25) is 9.11 Å². The Bertz CT molecular complexity index is 3600. The molecule has 0 radical (unpaired) electrons. The third-order valence-corrected chi connectivity index (χ3v) is 13.6. The van der Waals surface area contributed by atoms with Crippen molar-refractivity contribution >= 4 is 83.1 Å². The Balaban J connectivity index is 1.27. The molecule has 15 nitrogen and oxygen atoms in total. The molecule has 8 rings (SSSR count). The van der Waals surface area contributed by atoms with Gasteiger partial charge in [0.1, 0.15) is 21.1 Å². The zero-order chi connectivity index (χ0) is 48.7. The highest BCUT2D eigenvalue weighted by Gasteiger charge is 2.27. The first-order valence-corrected chi connectivity index (χ1v) is 24.0. The first kappa shape index (κ1) is 46.7. The van der Waals surface area contributed by atoms with Crippen LogP contribution in [0.2, 0.25) is 0 Å². The summed E-state index contributed by atoms with van der Waals surface area (Å²) in [6.45, 7) is 10.4. The topological polar surface area (TPSA) is 229 Å². The fourth-order valence-corrected chi connectivity index (χ4v) is 10.2. The molecule has 0 saturated carbocycles. The number of urea groups is 2. The summed E-state index contributed by atoms with van der Waals surface area (Å²) in [7, 11) is -9.55. The van der Waals surface area contributed by atoms with Crippen LogP contribution in [0.25, 0.3) is 33.4 Å². The van der Waals surface area contributed by atoms with E-state index in [1.165, 1.54) is 26.0 Å². The Morgan fingerprint density at radius 2 is 1.12 bits per heavy atom. The molecule has 0 bridgehead atoms. The summed E-state index contributed by atoms with van der Waals surface area (Å²) in [5, 5.41) is 15.6. The second-order valence-corrected chi connectivity index (χ2v) is 19.0. The fourth-order valence-electron chi connectivity index (χ4n) is 8.58. The Labute approximate surface area is 392 Å². The molecule has 0 fully saturated rings. The zero-order valence-electron chi connectivity index (χ0n) is 37.6. The normalized spacial score (nSPS) is 12.0. The van der Waals surface area contributed by atoms with Gasteiger partial charge < -0.3 is 31.0 Å². The number of amides is 4. The molecular formula is C51H46N6O9S2. The van der Waals surface area contributed by atoms with E-state index >= 15 is 0 Å². The van der Waals surface area contributed by atoms with Crippen LogP contribution in [0.1, 0.15) is 33.4 Å². The molecule has 4 amide bonds. The van der Waals surface area contributed by atoms with Crippen molar-refractivity contribution < 1.29 is 39.9 Å². The van der Waals surface area contributed by atoms with E-state index in [1.54, 1.807) is 91.9 Å². The van der Waals surface area contributed by atoms with E-state index in [2.05, 4.69) is 26.6 Å². The smallest absolute Gasteiger partial charge is 0.323 e. The molecule has 0 atom stereocenters. The van der Waals surface area contributed by atoms with Crippen molar-refractivity contribution in [2.75, 3.05) is 26.6 Å². The van der Waals surface area contributed by atoms with Crippen LogP contribution in [0.5, 0.6) is 0 Å². The van der Waals surface area contributed by atoms with Crippen LogP contribution in [0.3, 0.4) is 0 Å². The molecule has 1 heterocycles. The predicted molar refractivity (Wildman–Crippen MR) is 266 cm³/mol. The lowest BCUT2D eigenvalue weighted by molar-refractivity contribution is 0.261. The van der Waals surface area contributed by atoms with Crippen LogP contribution < -0.4 is 31.9 Å². The largest absolute Gasteiger partial charge is 0.456 e. The van der Waals surface area contributed by atoms with E-state index in [0.717, 1.165) is 22.4 Å². The maximum Gasteiger partial charge on any atom is 0.323 e. The highest BCUT2D eigenvalue weighted by molar-refractivity contribution is 7.86. The van der Waals surface area contributed by atoms with Gasteiger partial charge in [0, 0.05) is 57.0 Å². The van der Waals surface area contributed by atoms with Gasteiger partial charge in [0.2, 0.25) is 0 Å². The van der Waals surface area contributed by atoms with E-state index in [4.69, 9.17) is 9.41 Å². The first-order valence-electron chi connectivity index (χ1n) is 21.2. The van der Waals surface area contributed by atoms with Gasteiger partial charge in [-0.05, 0) is 130 Å². The Hall–Kier alpha value is -7.83. The van der Waals surface area contributed by atoms with Crippen molar-refractivity contribution in [3.63, 3.8) is 0 Å². The minimum absolute atomic E-state index is 0.105. The summed E-state index contributed by atoms with van der Waals surface area (Å²) in [5.74, 6) is 0.243. The number of nitrogens with zero attached hydrogens (tertiary/aromatic N) is 1. The summed E-state index contributed by atoms with van der Waals surface area (Å²) >= 11 is 0. The number of hydrogen-bond donors (Lipinski definition) is 7. The first-order chi connectivity index (χ1) is 32.3. The van der Waals surface area contributed by atoms with Crippen LogP contribution in [0, 0.1) is 41.5 Å². The van der Waals surface area contributed by atoms with Gasteiger partial charge >= 0.3 is 12.1 Å². The number of carbonyl (C=O) groups excluding carboxylic acids is 2. The number of carbonyl (C=O) groups is 2. The average Bonchev–Trinajstić information content (AvgIpc) is 3.28. The van der Waals surface area contributed by atoms with E-state index in [1.807, 2.05) is 51.1 Å². The monoisotopic (exact) mass is 950 g/mol. The van der Waals surface area contributed by atoms with Gasteiger partial charge in [-0.2, -0.15) is 16.8 Å². The Morgan fingerprint density at radius 1 is 0.529 bits per heavy atom. The molecule has 17 heteroatoms. The quantitative estimate of drug-likeness (QED) is 0.0506. The number of benzene rings is 7. The van der Waals surface area contributed by atoms with Crippen LogP contribution >= 0.6 is 0 Å². The van der Waals surface area contributed by atoms with Crippen molar-refractivity contribution in [1.29, 1.82) is 0 Å². The fraction of sp³-hybridized carbons (Fsp3) is 0.118. The van der Waals surface area contributed by atoms with Crippen molar-refractivity contribution in [3.05, 3.63) is 166 Å². The Kier molecular flexibility index (Phi) is 12.7. The van der Waals surface area contributed by atoms with Gasteiger partial charge in [-0.15, -0.1) is 0 Å². The van der Waals surface area contributed by atoms with E-state index < -0.39 is 37.2 Å². The third-order valence-electron chi connectivity index (χ3n) is 11.6. The number of anilines is 6. The van der Waals surface area contributed by atoms with Crippen LogP contribution in [0.4, 0.5) is 49.4 Å². The lowest BCUT2D eigenvalue weighted by atomic mass is 9.93. The van der Waals surface area contributed by atoms with Gasteiger partial charge in [-0.1, -0.05) is 60.7 Å². The van der Waals surface area contributed by atoms with Crippen molar-refractivity contribution in [3.8, 4) is 22.5 Å². The number of hydrogen-bond acceptors (Lipinski definition) is 9. The lowest BCUT2D eigenvalue weighted by Gasteiger charge is -2.21. The molecule has 0 aromatic heterocycles. The second-order valence-electron chi connectivity index (χ2n) is 16.3. The van der Waals surface area contributed by atoms with Gasteiger partial charge in [0.25, 0.3) is 20.2 Å². The number of para-hydroxylation sites is 2. The molecule has 346 valence electrons. The van der Waals surface area contributed by atoms with E-state index in [9.17, 15) is 35.5 Å². The highest BCUT2D eigenvalue weighted by atomic mass is 32.2. The SMILES string of the molecule is Cc1cc(C)c(Nc2ccc3c(-c4ccccc4S(=O)(=O)O)c4ccc(=Nc5c(C)c(NC(=O)Nc6ccccc6)c(C)c(S(=O)(=O)O)c5C)cc-4oc3c2)c(C)c1NC(=O)Nc1ccccc1. The van der Waals surface area contributed by atoms with E-state index in [0.29, 0.717) is 50.4 Å². The number of aryl methyl sites for hydroxylation is 2. The van der Waals surface area contributed by atoms with Crippen molar-refractivity contribution in [2.45, 2.75) is 51.3 Å². The standard InChI is InChI=1S/C51H46N6O9S2/c1-28-25-29(2)46(56-50(58)54-34-15-9-7-10-16-34)30(3)45(28)52-36-21-23-38-41(26-36)66-42-27-37(22-24-39(42)44(38)40-19-13-14-20-43(40)67(60,61)62)53-47-31(4)48(33(6)49(32(47)5)68(63,64)65)57-51(59)55-35-17-11-8-12-18-35/h7-27,52H,1-6H3,(H2,54,56,58)(H2,55,57,59)(H,60,61,62)(H,63,64,65). The number of fused-ring (bicyclic) bond motifs is 2. The minimum atomic E-state index is -4.83. The van der Waals surface area contributed by atoms with Gasteiger partial charge in [0.05, 0.1) is 22.4 Å². The molecule has 0 spiro atoms.